The van der Waals surface area contributed by atoms with E-state index in [1.54, 1.807) is 19.1 Å². The first kappa shape index (κ1) is 13.9. The number of halogens is 1. The van der Waals surface area contributed by atoms with Crippen molar-refractivity contribution >= 4 is 11.6 Å². The Morgan fingerprint density at radius 2 is 1.84 bits per heavy atom. The van der Waals surface area contributed by atoms with Gasteiger partial charge in [-0.05, 0) is 48.7 Å². The predicted molar refractivity (Wildman–Crippen MR) is 78.0 cm³/mol. The number of ether oxygens (including phenoxy) is 1. The second kappa shape index (κ2) is 6.09. The molecule has 2 nitrogen and oxygen atoms in total. The molecule has 19 heavy (non-hydrogen) atoms. The minimum absolute atomic E-state index is 0.498. The van der Waals surface area contributed by atoms with Gasteiger partial charge < -0.3 is 9.84 Å². The van der Waals surface area contributed by atoms with Gasteiger partial charge in [0.1, 0.15) is 11.5 Å². The summed E-state index contributed by atoms with van der Waals surface area (Å²) < 4.78 is 5.73. The molecule has 100 valence electrons. The maximum atomic E-state index is 9.49. The second-order valence-electron chi connectivity index (χ2n) is 4.47. The van der Waals surface area contributed by atoms with Crippen LogP contribution in [-0.4, -0.2) is 5.11 Å². The zero-order valence-electron chi connectivity index (χ0n) is 11.1. The Labute approximate surface area is 118 Å². The molecule has 0 amide bonds. The molecule has 1 N–H and O–H groups in total. The lowest BCUT2D eigenvalue weighted by molar-refractivity contribution is 0.199. The largest absolute Gasteiger partial charge is 0.456 e. The predicted octanol–water partition coefficient (Wildman–Crippen LogP) is 4.75. The maximum Gasteiger partial charge on any atom is 0.146 e. The molecule has 0 bridgehead atoms. The minimum atomic E-state index is -0.532. The first-order chi connectivity index (χ1) is 9.10. The molecule has 0 fully saturated rings. The van der Waals surface area contributed by atoms with Gasteiger partial charge in [0.05, 0.1) is 11.1 Å². The van der Waals surface area contributed by atoms with E-state index < -0.39 is 6.10 Å². The Hall–Kier alpha value is -1.51. The highest BCUT2D eigenvalue weighted by molar-refractivity contribution is 6.32. The summed E-state index contributed by atoms with van der Waals surface area (Å²) in [6.07, 6.45) is 0.472. The molecule has 0 unspecified atom stereocenters. The van der Waals surface area contributed by atoms with Crippen LogP contribution < -0.4 is 4.74 Å². The lowest BCUT2D eigenvalue weighted by atomic mass is 10.1. The maximum absolute atomic E-state index is 9.49. The van der Waals surface area contributed by atoms with Crippen LogP contribution >= 0.6 is 11.6 Å². The van der Waals surface area contributed by atoms with Crippen molar-refractivity contribution in [3.63, 3.8) is 0 Å². The van der Waals surface area contributed by atoms with Crippen LogP contribution in [0.3, 0.4) is 0 Å². The van der Waals surface area contributed by atoms with Crippen LogP contribution in [0, 0.1) is 0 Å². The van der Waals surface area contributed by atoms with Crippen molar-refractivity contribution in [2.75, 3.05) is 0 Å². The Morgan fingerprint density at radius 1 is 1.16 bits per heavy atom. The summed E-state index contributed by atoms with van der Waals surface area (Å²) >= 11 is 6.15. The zero-order chi connectivity index (χ0) is 13.8. The topological polar surface area (TPSA) is 29.5 Å². The van der Waals surface area contributed by atoms with E-state index in [4.69, 9.17) is 16.3 Å². The van der Waals surface area contributed by atoms with Crippen LogP contribution in [0.4, 0.5) is 0 Å². The lowest BCUT2D eigenvalue weighted by Gasteiger charge is -2.11. The number of benzene rings is 2. The van der Waals surface area contributed by atoms with Gasteiger partial charge in [-0.2, -0.15) is 0 Å². The average Bonchev–Trinajstić information content (AvgIpc) is 2.41. The first-order valence-electron chi connectivity index (χ1n) is 6.34. The molecule has 2 aromatic carbocycles. The van der Waals surface area contributed by atoms with Crippen molar-refractivity contribution in [3.8, 4) is 11.5 Å². The van der Waals surface area contributed by atoms with Crippen LogP contribution in [0.5, 0.6) is 11.5 Å². The van der Waals surface area contributed by atoms with E-state index in [9.17, 15) is 5.11 Å². The zero-order valence-corrected chi connectivity index (χ0v) is 11.8. The van der Waals surface area contributed by atoms with E-state index in [2.05, 4.69) is 6.92 Å². The van der Waals surface area contributed by atoms with Gasteiger partial charge in [-0.25, -0.2) is 0 Å². The van der Waals surface area contributed by atoms with Crippen molar-refractivity contribution < 1.29 is 9.84 Å². The van der Waals surface area contributed by atoms with Gasteiger partial charge in [-0.15, -0.1) is 0 Å². The molecule has 0 spiro atoms. The number of hydrogen-bond acceptors (Lipinski definition) is 2. The van der Waals surface area contributed by atoms with E-state index in [-0.39, 0.29) is 0 Å². The normalized spacial score (nSPS) is 12.2. The Kier molecular flexibility index (Phi) is 4.46. The first-order valence-corrected chi connectivity index (χ1v) is 6.72. The fraction of sp³-hybridized carbons (Fsp3) is 0.250. The molecule has 0 radical (unpaired) electrons. The lowest BCUT2D eigenvalue weighted by Crippen LogP contribution is -1.92. The Balaban J connectivity index is 2.18. The molecule has 2 aromatic rings. The number of hydrogen-bond donors (Lipinski definition) is 1. The van der Waals surface area contributed by atoms with Crippen LogP contribution in [0.25, 0.3) is 0 Å². The summed E-state index contributed by atoms with van der Waals surface area (Å²) in [5, 5.41) is 9.99. The highest BCUT2D eigenvalue weighted by Gasteiger charge is 2.07. The van der Waals surface area contributed by atoms with Crippen LogP contribution in [0.15, 0.2) is 42.5 Å². The summed E-state index contributed by atoms with van der Waals surface area (Å²) in [6, 6.07) is 13.2. The molecular weight excluding hydrogens is 260 g/mol. The standard InChI is InChI=1S/C16H17ClO2/c1-3-12-4-7-14(8-5-12)19-16-9-6-13(11(2)18)10-15(16)17/h4-11,18H,3H2,1-2H3/t11-/m0/s1. The van der Waals surface area contributed by atoms with E-state index in [0.29, 0.717) is 10.8 Å². The Morgan fingerprint density at radius 3 is 2.37 bits per heavy atom. The molecular formula is C16H17ClO2. The summed E-state index contributed by atoms with van der Waals surface area (Å²) in [5.41, 5.74) is 2.04. The fourth-order valence-electron chi connectivity index (χ4n) is 1.78. The van der Waals surface area contributed by atoms with Gasteiger partial charge in [0.2, 0.25) is 0 Å². The molecule has 0 aliphatic carbocycles. The number of aliphatic hydroxyl groups excluding tert-OH is 1. The van der Waals surface area contributed by atoms with Gasteiger partial charge >= 0.3 is 0 Å². The summed E-state index contributed by atoms with van der Waals surface area (Å²) in [4.78, 5) is 0. The summed E-state index contributed by atoms with van der Waals surface area (Å²) in [7, 11) is 0. The highest BCUT2D eigenvalue weighted by Crippen LogP contribution is 2.31. The van der Waals surface area contributed by atoms with Gasteiger partial charge in [0, 0.05) is 0 Å². The summed E-state index contributed by atoms with van der Waals surface area (Å²) in [5.74, 6) is 1.35. The molecule has 0 heterocycles. The van der Waals surface area contributed by atoms with Crippen LogP contribution in [0.2, 0.25) is 5.02 Å². The third-order valence-corrected chi connectivity index (χ3v) is 3.29. The SMILES string of the molecule is CCc1ccc(Oc2ccc([C@H](C)O)cc2Cl)cc1. The van der Waals surface area contributed by atoms with Crippen molar-refractivity contribution in [2.45, 2.75) is 26.4 Å². The van der Waals surface area contributed by atoms with Gasteiger partial charge in [0.15, 0.2) is 0 Å². The number of aliphatic hydroxyl groups is 1. The molecule has 3 heteroatoms. The van der Waals surface area contributed by atoms with E-state index in [1.165, 1.54) is 5.56 Å². The molecule has 0 aliphatic rings. The van der Waals surface area contributed by atoms with Gasteiger partial charge in [0.25, 0.3) is 0 Å². The van der Waals surface area contributed by atoms with Gasteiger partial charge in [-0.3, -0.25) is 0 Å². The quantitative estimate of drug-likeness (QED) is 0.873. The Bertz CT molecular complexity index is 547. The van der Waals surface area contributed by atoms with Crippen molar-refractivity contribution in [1.82, 2.24) is 0 Å². The second-order valence-corrected chi connectivity index (χ2v) is 4.87. The molecule has 0 aliphatic heterocycles. The van der Waals surface area contributed by atoms with Crippen molar-refractivity contribution in [3.05, 3.63) is 58.6 Å². The minimum Gasteiger partial charge on any atom is -0.456 e. The third-order valence-electron chi connectivity index (χ3n) is 3.00. The van der Waals surface area contributed by atoms with Crippen molar-refractivity contribution in [2.24, 2.45) is 0 Å². The van der Waals surface area contributed by atoms with E-state index in [1.807, 2.05) is 30.3 Å². The van der Waals surface area contributed by atoms with Gasteiger partial charge in [-0.1, -0.05) is 36.7 Å². The molecule has 0 aromatic heterocycles. The fourth-order valence-corrected chi connectivity index (χ4v) is 2.01. The van der Waals surface area contributed by atoms with Crippen molar-refractivity contribution in [1.29, 1.82) is 0 Å². The van der Waals surface area contributed by atoms with E-state index >= 15 is 0 Å². The van der Waals surface area contributed by atoms with Crippen LogP contribution in [0.1, 0.15) is 31.1 Å². The summed E-state index contributed by atoms with van der Waals surface area (Å²) in [6.45, 7) is 3.82. The monoisotopic (exact) mass is 276 g/mol. The van der Waals surface area contributed by atoms with E-state index in [0.717, 1.165) is 17.7 Å². The average molecular weight is 277 g/mol. The molecule has 0 saturated carbocycles. The highest BCUT2D eigenvalue weighted by atomic mass is 35.5. The number of aryl methyl sites for hydroxylation is 1. The third kappa shape index (κ3) is 3.49. The molecule has 0 saturated heterocycles. The number of rotatable bonds is 4. The molecule has 1 atom stereocenters. The smallest absolute Gasteiger partial charge is 0.146 e. The molecule has 2 rings (SSSR count). The van der Waals surface area contributed by atoms with Crippen LogP contribution in [-0.2, 0) is 6.42 Å².